The van der Waals surface area contributed by atoms with Gasteiger partial charge in [-0.05, 0) is 55.5 Å². The van der Waals surface area contributed by atoms with Gasteiger partial charge in [0, 0.05) is 12.6 Å². The van der Waals surface area contributed by atoms with Crippen molar-refractivity contribution >= 4 is 10.0 Å². The molecule has 0 fully saturated rings. The topological polar surface area (TPSA) is 67.4 Å². The Morgan fingerprint density at radius 3 is 2.86 bits per heavy atom. The smallest absolute Gasteiger partial charge is 0.208 e. The van der Waals surface area contributed by atoms with Crippen molar-refractivity contribution in [2.45, 2.75) is 31.7 Å². The van der Waals surface area contributed by atoms with Crippen LogP contribution in [0.25, 0.3) is 0 Å². The fourth-order valence-corrected chi connectivity index (χ4v) is 3.25. The van der Waals surface area contributed by atoms with Crippen LogP contribution in [0, 0.1) is 0 Å². The first-order valence-corrected chi connectivity index (χ1v) is 9.23. The highest BCUT2D eigenvalue weighted by atomic mass is 32.2. The Balaban J connectivity index is 1.88. The molecule has 1 aromatic rings. The SMILES string of the molecule is COc1ccc2c(c1)C(NCCCNS(C)(=O)=O)CCC2. The molecule has 21 heavy (non-hydrogen) atoms. The van der Waals surface area contributed by atoms with Gasteiger partial charge >= 0.3 is 0 Å². The number of fused-ring (bicyclic) bond motifs is 1. The van der Waals surface area contributed by atoms with Gasteiger partial charge in [0.05, 0.1) is 13.4 Å². The van der Waals surface area contributed by atoms with Crippen molar-refractivity contribution in [1.82, 2.24) is 10.0 Å². The van der Waals surface area contributed by atoms with E-state index >= 15 is 0 Å². The van der Waals surface area contributed by atoms with Crippen molar-refractivity contribution in [3.8, 4) is 5.75 Å². The van der Waals surface area contributed by atoms with E-state index in [2.05, 4.69) is 22.2 Å². The summed E-state index contributed by atoms with van der Waals surface area (Å²) in [6.45, 7) is 1.27. The van der Waals surface area contributed by atoms with E-state index in [1.807, 2.05) is 6.07 Å². The number of methoxy groups -OCH3 is 1. The lowest BCUT2D eigenvalue weighted by atomic mass is 9.87. The zero-order valence-corrected chi connectivity index (χ0v) is 13.5. The number of rotatable bonds is 7. The van der Waals surface area contributed by atoms with E-state index in [1.54, 1.807) is 7.11 Å². The molecule has 0 aromatic heterocycles. The summed E-state index contributed by atoms with van der Waals surface area (Å²) in [5.74, 6) is 0.890. The summed E-state index contributed by atoms with van der Waals surface area (Å²) in [5.41, 5.74) is 2.70. The molecule has 2 rings (SSSR count). The van der Waals surface area contributed by atoms with E-state index in [0.717, 1.165) is 31.6 Å². The van der Waals surface area contributed by atoms with Crippen LogP contribution in [0.2, 0.25) is 0 Å². The molecule has 118 valence electrons. The predicted octanol–water partition coefficient (Wildman–Crippen LogP) is 1.60. The van der Waals surface area contributed by atoms with E-state index < -0.39 is 10.0 Å². The van der Waals surface area contributed by atoms with Gasteiger partial charge in [-0.25, -0.2) is 13.1 Å². The molecule has 2 N–H and O–H groups in total. The summed E-state index contributed by atoms with van der Waals surface area (Å²) in [6.07, 6.45) is 5.37. The second kappa shape index (κ2) is 7.24. The Kier molecular flexibility index (Phi) is 5.61. The Bertz CT molecular complexity index is 572. The number of hydrogen-bond acceptors (Lipinski definition) is 4. The molecular formula is C15H24N2O3S. The quantitative estimate of drug-likeness (QED) is 0.751. The maximum atomic E-state index is 11.0. The Morgan fingerprint density at radius 1 is 1.33 bits per heavy atom. The van der Waals surface area contributed by atoms with E-state index in [4.69, 9.17) is 4.74 Å². The van der Waals surface area contributed by atoms with Crippen LogP contribution in [0.5, 0.6) is 5.75 Å². The number of sulfonamides is 1. The fraction of sp³-hybridized carbons (Fsp3) is 0.600. The zero-order valence-electron chi connectivity index (χ0n) is 12.7. The van der Waals surface area contributed by atoms with Crippen LogP contribution in [0.4, 0.5) is 0 Å². The summed E-state index contributed by atoms with van der Waals surface area (Å²) in [7, 11) is -1.40. The van der Waals surface area contributed by atoms with Crippen molar-refractivity contribution in [2.75, 3.05) is 26.5 Å². The molecule has 0 saturated heterocycles. The maximum Gasteiger partial charge on any atom is 0.208 e. The molecule has 1 aromatic carbocycles. The minimum atomic E-state index is -3.08. The lowest BCUT2D eigenvalue weighted by Crippen LogP contribution is -2.29. The Morgan fingerprint density at radius 2 is 2.14 bits per heavy atom. The van der Waals surface area contributed by atoms with Crippen molar-refractivity contribution in [3.05, 3.63) is 29.3 Å². The highest BCUT2D eigenvalue weighted by Crippen LogP contribution is 2.32. The molecule has 0 saturated carbocycles. The molecular weight excluding hydrogens is 288 g/mol. The van der Waals surface area contributed by atoms with Crippen molar-refractivity contribution in [2.24, 2.45) is 0 Å². The van der Waals surface area contributed by atoms with E-state index in [-0.39, 0.29) is 0 Å². The van der Waals surface area contributed by atoms with Gasteiger partial charge in [-0.15, -0.1) is 0 Å². The molecule has 0 aliphatic heterocycles. The number of ether oxygens (including phenoxy) is 1. The molecule has 5 nitrogen and oxygen atoms in total. The average Bonchev–Trinajstić information content (AvgIpc) is 2.45. The van der Waals surface area contributed by atoms with Crippen molar-refractivity contribution in [1.29, 1.82) is 0 Å². The zero-order chi connectivity index (χ0) is 15.3. The van der Waals surface area contributed by atoms with Gasteiger partial charge in [0.1, 0.15) is 5.75 Å². The molecule has 0 bridgehead atoms. The second-order valence-electron chi connectivity index (χ2n) is 5.48. The van der Waals surface area contributed by atoms with Gasteiger partial charge in [-0.1, -0.05) is 6.07 Å². The second-order valence-corrected chi connectivity index (χ2v) is 7.32. The molecule has 1 aliphatic carbocycles. The summed E-state index contributed by atoms with van der Waals surface area (Å²) in [5, 5.41) is 3.52. The first kappa shape index (κ1) is 16.3. The minimum Gasteiger partial charge on any atom is -0.497 e. The first-order chi connectivity index (χ1) is 9.99. The standard InChI is InChI=1S/C15H24N2O3S/c1-20-13-8-7-12-5-3-6-15(14(12)11-13)16-9-4-10-17-21(2,18)19/h7-8,11,15-17H,3-6,9-10H2,1-2H3. The molecule has 0 amide bonds. The number of aryl methyl sites for hydroxylation is 1. The molecule has 1 atom stereocenters. The lowest BCUT2D eigenvalue weighted by molar-refractivity contribution is 0.408. The van der Waals surface area contributed by atoms with Crippen LogP contribution in [-0.4, -0.2) is 34.9 Å². The summed E-state index contributed by atoms with van der Waals surface area (Å²) >= 11 is 0. The summed E-state index contributed by atoms with van der Waals surface area (Å²) in [4.78, 5) is 0. The van der Waals surface area contributed by atoms with E-state index in [0.29, 0.717) is 12.6 Å². The largest absolute Gasteiger partial charge is 0.497 e. The Labute approximate surface area is 127 Å². The highest BCUT2D eigenvalue weighted by Gasteiger charge is 2.20. The van der Waals surface area contributed by atoms with Crippen LogP contribution in [0.15, 0.2) is 18.2 Å². The summed E-state index contributed by atoms with van der Waals surface area (Å²) < 4.78 is 29.8. The van der Waals surface area contributed by atoms with Gasteiger partial charge in [0.2, 0.25) is 10.0 Å². The predicted molar refractivity (Wildman–Crippen MR) is 84.1 cm³/mol. The van der Waals surface area contributed by atoms with Crippen LogP contribution < -0.4 is 14.8 Å². The third-order valence-corrected chi connectivity index (χ3v) is 4.50. The molecule has 0 radical (unpaired) electrons. The molecule has 0 heterocycles. The lowest BCUT2D eigenvalue weighted by Gasteiger charge is -2.27. The normalized spacial score (nSPS) is 18.3. The number of hydrogen-bond donors (Lipinski definition) is 2. The molecule has 6 heteroatoms. The molecule has 0 spiro atoms. The fourth-order valence-electron chi connectivity index (χ4n) is 2.74. The summed E-state index contributed by atoms with van der Waals surface area (Å²) in [6, 6.07) is 6.60. The monoisotopic (exact) mass is 312 g/mol. The van der Waals surface area contributed by atoms with E-state index in [9.17, 15) is 8.42 Å². The van der Waals surface area contributed by atoms with Crippen LogP contribution in [0.1, 0.15) is 36.4 Å². The highest BCUT2D eigenvalue weighted by molar-refractivity contribution is 7.88. The van der Waals surface area contributed by atoms with Crippen LogP contribution in [0.3, 0.4) is 0 Å². The van der Waals surface area contributed by atoms with Crippen LogP contribution >= 0.6 is 0 Å². The molecule has 1 unspecified atom stereocenters. The van der Waals surface area contributed by atoms with E-state index in [1.165, 1.54) is 23.8 Å². The van der Waals surface area contributed by atoms with Gasteiger partial charge in [0.15, 0.2) is 0 Å². The van der Waals surface area contributed by atoms with Crippen molar-refractivity contribution < 1.29 is 13.2 Å². The van der Waals surface area contributed by atoms with Crippen molar-refractivity contribution in [3.63, 3.8) is 0 Å². The Hall–Kier alpha value is -1.11. The van der Waals surface area contributed by atoms with Crippen LogP contribution in [-0.2, 0) is 16.4 Å². The maximum absolute atomic E-state index is 11.0. The van der Waals surface area contributed by atoms with Gasteiger partial charge in [-0.2, -0.15) is 0 Å². The van der Waals surface area contributed by atoms with Gasteiger partial charge in [-0.3, -0.25) is 0 Å². The molecule has 1 aliphatic rings. The first-order valence-electron chi connectivity index (χ1n) is 7.34. The third-order valence-electron chi connectivity index (χ3n) is 3.78. The third kappa shape index (κ3) is 4.98. The van der Waals surface area contributed by atoms with Gasteiger partial charge in [0.25, 0.3) is 0 Å². The van der Waals surface area contributed by atoms with Gasteiger partial charge < -0.3 is 10.1 Å². The number of nitrogens with one attached hydrogen (secondary N) is 2. The number of benzene rings is 1. The minimum absolute atomic E-state index is 0.335. The average molecular weight is 312 g/mol.